The first-order valence-electron chi connectivity index (χ1n) is 9.31. The Balaban J connectivity index is 1.50. The third-order valence-electron chi connectivity index (χ3n) is 4.35. The van der Waals surface area contributed by atoms with Gasteiger partial charge in [0.1, 0.15) is 6.04 Å². The van der Waals surface area contributed by atoms with Gasteiger partial charge in [-0.05, 0) is 43.5 Å². The van der Waals surface area contributed by atoms with Crippen LogP contribution in [0.25, 0.3) is 0 Å². The van der Waals surface area contributed by atoms with Gasteiger partial charge in [0.05, 0.1) is 0 Å². The Bertz CT molecular complexity index is 850. The molecule has 1 saturated carbocycles. The number of carbonyl (C=O) groups is 3. The quantitative estimate of drug-likeness (QED) is 0.593. The van der Waals surface area contributed by atoms with E-state index in [0.717, 1.165) is 18.4 Å². The second kappa shape index (κ2) is 9.03. The van der Waals surface area contributed by atoms with Crippen molar-refractivity contribution >= 4 is 23.5 Å². The molecule has 4 N–H and O–H groups in total. The second-order valence-electron chi connectivity index (χ2n) is 6.85. The summed E-state index contributed by atoms with van der Waals surface area (Å²) in [4.78, 5) is 36.5. The van der Waals surface area contributed by atoms with E-state index in [4.69, 9.17) is 0 Å². The number of benzene rings is 2. The molecule has 0 saturated heterocycles. The molecular weight excluding hydrogens is 356 g/mol. The van der Waals surface area contributed by atoms with Crippen LogP contribution in [0.2, 0.25) is 0 Å². The summed E-state index contributed by atoms with van der Waals surface area (Å²) in [6.07, 6.45) is 2.00. The van der Waals surface area contributed by atoms with E-state index < -0.39 is 6.04 Å². The van der Waals surface area contributed by atoms with E-state index in [1.807, 2.05) is 30.3 Å². The normalized spacial score (nSPS) is 13.9. The van der Waals surface area contributed by atoms with Gasteiger partial charge in [-0.2, -0.15) is 0 Å². The zero-order chi connectivity index (χ0) is 19.9. The summed E-state index contributed by atoms with van der Waals surface area (Å²) in [5, 5.41) is 11.0. The van der Waals surface area contributed by atoms with Crippen molar-refractivity contribution in [3.05, 3.63) is 65.7 Å². The molecule has 3 rings (SSSR count). The third kappa shape index (κ3) is 5.84. The van der Waals surface area contributed by atoms with Crippen LogP contribution in [0.1, 0.15) is 35.7 Å². The molecule has 7 nitrogen and oxygen atoms in total. The van der Waals surface area contributed by atoms with Crippen LogP contribution in [-0.2, 0) is 11.3 Å². The van der Waals surface area contributed by atoms with E-state index >= 15 is 0 Å². The highest BCUT2D eigenvalue weighted by molar-refractivity contribution is 5.99. The maximum atomic E-state index is 12.4. The van der Waals surface area contributed by atoms with Gasteiger partial charge in [-0.25, -0.2) is 4.79 Å². The molecule has 4 amide bonds. The first-order chi connectivity index (χ1) is 13.5. The zero-order valence-electron chi connectivity index (χ0n) is 15.7. The summed E-state index contributed by atoms with van der Waals surface area (Å²) in [5.74, 6) is -0.649. The van der Waals surface area contributed by atoms with Crippen molar-refractivity contribution in [2.45, 2.75) is 38.4 Å². The lowest BCUT2D eigenvalue weighted by molar-refractivity contribution is -0.122. The van der Waals surface area contributed by atoms with E-state index in [1.165, 1.54) is 0 Å². The summed E-state index contributed by atoms with van der Waals surface area (Å²) in [6.45, 7) is 2.03. The molecule has 0 heterocycles. The highest BCUT2D eigenvalue weighted by Crippen LogP contribution is 2.19. The molecule has 0 aliphatic heterocycles. The summed E-state index contributed by atoms with van der Waals surface area (Å²) in [6, 6.07) is 15.4. The monoisotopic (exact) mass is 380 g/mol. The average molecular weight is 380 g/mol. The minimum absolute atomic E-state index is 0.252. The molecule has 0 radical (unpaired) electrons. The van der Waals surface area contributed by atoms with Gasteiger partial charge in [0.25, 0.3) is 5.91 Å². The first-order valence-corrected chi connectivity index (χ1v) is 9.31. The van der Waals surface area contributed by atoms with E-state index in [0.29, 0.717) is 17.8 Å². The fourth-order valence-corrected chi connectivity index (χ4v) is 2.60. The molecule has 146 valence electrons. The lowest BCUT2D eigenvalue weighted by Crippen LogP contribution is -2.44. The molecule has 2 aromatic carbocycles. The van der Waals surface area contributed by atoms with Crippen LogP contribution in [0.3, 0.4) is 0 Å². The van der Waals surface area contributed by atoms with Crippen molar-refractivity contribution < 1.29 is 14.4 Å². The lowest BCUT2D eigenvalue weighted by Gasteiger charge is -2.15. The number of anilines is 1. The van der Waals surface area contributed by atoms with Crippen LogP contribution in [0.4, 0.5) is 10.5 Å². The second-order valence-corrected chi connectivity index (χ2v) is 6.85. The van der Waals surface area contributed by atoms with E-state index in [1.54, 1.807) is 31.2 Å². The van der Waals surface area contributed by atoms with Gasteiger partial charge in [0, 0.05) is 23.8 Å². The number of hydrogen-bond acceptors (Lipinski definition) is 3. The number of urea groups is 1. The van der Waals surface area contributed by atoms with Crippen molar-refractivity contribution in [3.63, 3.8) is 0 Å². The number of carbonyl (C=O) groups excluding carboxylic acids is 3. The molecule has 1 unspecified atom stereocenters. The Morgan fingerprint density at radius 3 is 2.50 bits per heavy atom. The van der Waals surface area contributed by atoms with E-state index in [-0.39, 0.29) is 23.9 Å². The molecular formula is C21H24N4O3. The average Bonchev–Trinajstić information content (AvgIpc) is 3.50. The lowest BCUT2D eigenvalue weighted by atomic mass is 10.1. The van der Waals surface area contributed by atoms with Crippen molar-refractivity contribution in [2.75, 3.05) is 5.32 Å². The van der Waals surface area contributed by atoms with Gasteiger partial charge in [-0.15, -0.1) is 0 Å². The molecule has 1 fully saturated rings. The maximum absolute atomic E-state index is 12.4. The van der Waals surface area contributed by atoms with Crippen molar-refractivity contribution in [1.29, 1.82) is 0 Å². The number of amides is 4. The highest BCUT2D eigenvalue weighted by atomic mass is 16.2. The van der Waals surface area contributed by atoms with Gasteiger partial charge in [-0.1, -0.05) is 36.4 Å². The molecule has 2 aromatic rings. The minimum atomic E-state index is -0.689. The Morgan fingerprint density at radius 2 is 1.79 bits per heavy atom. The topological polar surface area (TPSA) is 99.3 Å². The number of hydrogen-bond donors (Lipinski definition) is 4. The van der Waals surface area contributed by atoms with Crippen molar-refractivity contribution in [1.82, 2.24) is 16.0 Å². The summed E-state index contributed by atoms with van der Waals surface area (Å²) in [7, 11) is 0. The van der Waals surface area contributed by atoms with Crippen LogP contribution in [0, 0.1) is 0 Å². The molecule has 0 spiro atoms. The summed E-state index contributed by atoms with van der Waals surface area (Å²) >= 11 is 0. The fourth-order valence-electron chi connectivity index (χ4n) is 2.60. The highest BCUT2D eigenvalue weighted by Gasteiger charge is 2.23. The van der Waals surface area contributed by atoms with Gasteiger partial charge in [-0.3, -0.25) is 9.59 Å². The van der Waals surface area contributed by atoms with Crippen LogP contribution < -0.4 is 21.3 Å². The molecule has 0 aromatic heterocycles. The molecule has 1 aliphatic carbocycles. The largest absolute Gasteiger partial charge is 0.350 e. The van der Waals surface area contributed by atoms with Crippen LogP contribution >= 0.6 is 0 Å². The first kappa shape index (κ1) is 19.4. The van der Waals surface area contributed by atoms with Crippen LogP contribution in [0.15, 0.2) is 54.6 Å². The molecule has 1 atom stereocenters. The third-order valence-corrected chi connectivity index (χ3v) is 4.35. The van der Waals surface area contributed by atoms with Crippen molar-refractivity contribution in [3.8, 4) is 0 Å². The molecule has 1 aliphatic rings. The zero-order valence-corrected chi connectivity index (χ0v) is 15.7. The number of rotatable bonds is 7. The van der Waals surface area contributed by atoms with Crippen LogP contribution in [-0.4, -0.2) is 29.9 Å². The van der Waals surface area contributed by atoms with Gasteiger partial charge in [0.2, 0.25) is 5.91 Å². The SMILES string of the molecule is CC(NC(=O)c1cccc(NC(=O)NC2CC2)c1)C(=O)NCc1ccccc1. The summed E-state index contributed by atoms with van der Waals surface area (Å²) < 4.78 is 0. The number of nitrogens with one attached hydrogen (secondary N) is 4. The summed E-state index contributed by atoms with van der Waals surface area (Å²) in [5.41, 5.74) is 1.87. The molecule has 7 heteroatoms. The van der Waals surface area contributed by atoms with Gasteiger partial charge in [0.15, 0.2) is 0 Å². The Morgan fingerprint density at radius 1 is 1.04 bits per heavy atom. The Kier molecular flexibility index (Phi) is 6.26. The molecule has 28 heavy (non-hydrogen) atoms. The fraction of sp³-hybridized carbons (Fsp3) is 0.286. The van der Waals surface area contributed by atoms with E-state index in [9.17, 15) is 14.4 Å². The van der Waals surface area contributed by atoms with Gasteiger partial charge >= 0.3 is 6.03 Å². The maximum Gasteiger partial charge on any atom is 0.319 e. The van der Waals surface area contributed by atoms with E-state index in [2.05, 4.69) is 21.3 Å². The van der Waals surface area contributed by atoms with Crippen molar-refractivity contribution in [2.24, 2.45) is 0 Å². The Labute approximate surface area is 163 Å². The standard InChI is InChI=1S/C21H24N4O3/c1-14(19(26)22-13-15-6-3-2-4-7-15)23-20(27)16-8-5-9-18(12-16)25-21(28)24-17-10-11-17/h2-9,12,14,17H,10-11,13H2,1H3,(H,22,26)(H,23,27)(H2,24,25,28). The van der Waals surface area contributed by atoms with Gasteiger partial charge < -0.3 is 21.3 Å². The minimum Gasteiger partial charge on any atom is -0.350 e. The Hall–Kier alpha value is -3.35. The predicted molar refractivity (Wildman–Crippen MR) is 107 cm³/mol. The smallest absolute Gasteiger partial charge is 0.319 e. The van der Waals surface area contributed by atoms with Crippen LogP contribution in [0.5, 0.6) is 0 Å². The molecule has 0 bridgehead atoms. The predicted octanol–water partition coefficient (Wildman–Crippen LogP) is 2.41.